The van der Waals surface area contributed by atoms with Crippen LogP contribution in [0.5, 0.6) is 0 Å². The average Bonchev–Trinajstić information content (AvgIpc) is 2.93. The quantitative estimate of drug-likeness (QED) is 0.779. The second-order valence-corrected chi connectivity index (χ2v) is 5.45. The van der Waals surface area contributed by atoms with Crippen LogP contribution >= 0.6 is 11.6 Å². The number of nitrogens with one attached hydrogen (secondary N) is 1. The second kappa shape index (κ2) is 7.60. The highest BCUT2D eigenvalue weighted by atomic mass is 35.5. The van der Waals surface area contributed by atoms with E-state index in [9.17, 15) is 27.6 Å². The molecule has 0 radical (unpaired) electrons. The van der Waals surface area contributed by atoms with E-state index in [1.165, 1.54) is 6.07 Å². The summed E-state index contributed by atoms with van der Waals surface area (Å²) in [5.41, 5.74) is -2.20. The van der Waals surface area contributed by atoms with Crippen LogP contribution in [0.2, 0.25) is 5.02 Å². The fourth-order valence-corrected chi connectivity index (χ4v) is 2.03. The van der Waals surface area contributed by atoms with Crippen LogP contribution in [-0.4, -0.2) is 28.2 Å². The van der Waals surface area contributed by atoms with Crippen molar-refractivity contribution in [1.82, 2.24) is 9.72 Å². The first-order valence-corrected chi connectivity index (χ1v) is 7.30. The molecule has 0 aliphatic rings. The number of pyridine rings is 1. The maximum Gasteiger partial charge on any atom is 0.417 e. The van der Waals surface area contributed by atoms with E-state index in [2.05, 4.69) is 15.2 Å². The molecule has 0 aliphatic heterocycles. The number of carbonyl (C=O) groups excluding carboxylic acids is 2. The van der Waals surface area contributed by atoms with Crippen molar-refractivity contribution >= 4 is 29.3 Å². The number of alkyl halides is 3. The number of anilines is 1. The Morgan fingerprint density at radius 3 is 2.65 bits per heavy atom. The number of nitrogens with zero attached hydrogens (tertiary/aromatic N) is 2. The maximum atomic E-state index is 12.7. The number of aromatic nitrogens is 2. The number of rotatable bonds is 5. The highest BCUT2D eigenvalue weighted by Gasteiger charge is 2.32. The van der Waals surface area contributed by atoms with E-state index in [4.69, 9.17) is 16.1 Å². The molecule has 1 N–H and O–H groups in total. The lowest BCUT2D eigenvalue weighted by Gasteiger charge is -2.11. The minimum Gasteiger partial charge on any atom is -0.454 e. The van der Waals surface area contributed by atoms with Gasteiger partial charge in [0.15, 0.2) is 12.4 Å². The summed E-state index contributed by atoms with van der Waals surface area (Å²) >= 11 is 5.46. The molecule has 0 saturated heterocycles. The topological polar surface area (TPSA) is 103 Å². The third-order valence-electron chi connectivity index (χ3n) is 2.93. The summed E-state index contributed by atoms with van der Waals surface area (Å²) in [4.78, 5) is 35.0. The van der Waals surface area contributed by atoms with Gasteiger partial charge in [0.05, 0.1) is 5.56 Å². The van der Waals surface area contributed by atoms with E-state index < -0.39 is 47.3 Å². The summed E-state index contributed by atoms with van der Waals surface area (Å²) in [6.07, 6.45) is -4.31. The lowest BCUT2D eigenvalue weighted by molar-refractivity contribution is -0.148. The first-order valence-electron chi connectivity index (χ1n) is 6.92. The minimum atomic E-state index is -4.75. The van der Waals surface area contributed by atoms with Crippen LogP contribution in [0.3, 0.4) is 0 Å². The molecule has 2 rings (SSSR count). The fraction of sp³-hybridized carbons (Fsp3) is 0.286. The molecule has 2 aromatic heterocycles. The van der Waals surface area contributed by atoms with E-state index in [-0.39, 0.29) is 5.82 Å². The van der Waals surface area contributed by atoms with Gasteiger partial charge >= 0.3 is 12.1 Å². The number of aryl methyl sites for hydroxylation is 1. The van der Waals surface area contributed by atoms with Crippen molar-refractivity contribution in [2.24, 2.45) is 0 Å². The largest absolute Gasteiger partial charge is 0.454 e. The zero-order valence-corrected chi connectivity index (χ0v) is 13.8. The van der Waals surface area contributed by atoms with Crippen LogP contribution in [0.4, 0.5) is 19.0 Å². The molecule has 0 unspecified atom stereocenters. The predicted octanol–water partition coefficient (Wildman–Crippen LogP) is 2.00. The average molecular weight is 394 g/mol. The number of ether oxygens (including phenoxy) is 1. The number of esters is 1. The molecule has 2 aromatic rings. The first-order chi connectivity index (χ1) is 12.1. The zero-order chi connectivity index (χ0) is 19.5. The Morgan fingerprint density at radius 1 is 1.38 bits per heavy atom. The molecule has 12 heteroatoms. The van der Waals surface area contributed by atoms with Gasteiger partial charge < -0.3 is 19.1 Å². The van der Waals surface area contributed by atoms with Crippen molar-refractivity contribution in [3.8, 4) is 0 Å². The number of carbonyl (C=O) groups is 2. The van der Waals surface area contributed by atoms with E-state index in [1.54, 1.807) is 6.92 Å². The van der Waals surface area contributed by atoms with Crippen molar-refractivity contribution in [2.45, 2.75) is 19.6 Å². The Labute approximate surface area is 148 Å². The van der Waals surface area contributed by atoms with Gasteiger partial charge in [-0.05, 0) is 13.0 Å². The first kappa shape index (κ1) is 19.5. The molecule has 0 aromatic carbocycles. The second-order valence-electron chi connectivity index (χ2n) is 5.04. The monoisotopic (exact) mass is 393 g/mol. The molecule has 0 atom stereocenters. The van der Waals surface area contributed by atoms with Crippen molar-refractivity contribution in [3.05, 3.63) is 45.0 Å². The smallest absolute Gasteiger partial charge is 0.417 e. The Morgan fingerprint density at radius 2 is 2.08 bits per heavy atom. The molecule has 140 valence electrons. The van der Waals surface area contributed by atoms with Crippen LogP contribution < -0.4 is 10.9 Å². The molecule has 0 bridgehead atoms. The van der Waals surface area contributed by atoms with Gasteiger partial charge in [-0.1, -0.05) is 16.8 Å². The summed E-state index contributed by atoms with van der Waals surface area (Å²) in [5, 5.41) is 5.06. The van der Waals surface area contributed by atoms with E-state index in [0.717, 1.165) is 0 Å². The molecule has 0 spiro atoms. The molecule has 8 nitrogen and oxygen atoms in total. The van der Waals surface area contributed by atoms with Crippen molar-refractivity contribution in [2.75, 3.05) is 11.9 Å². The van der Waals surface area contributed by atoms with Gasteiger partial charge in [-0.15, -0.1) is 0 Å². The molecule has 26 heavy (non-hydrogen) atoms. The number of halogens is 4. The third kappa shape index (κ3) is 5.09. The standard InChI is InChI=1S/C14H11ClF3N3O5/c1-7-2-10(20-26-7)19-11(22)6-25-12(23)5-21-4-8(14(16,17)18)3-9(15)13(21)24/h2-4H,5-6H2,1H3,(H,19,20,22). The normalized spacial score (nSPS) is 11.3. The van der Waals surface area contributed by atoms with Gasteiger partial charge in [0.2, 0.25) is 0 Å². The molecular formula is C14H11ClF3N3O5. The van der Waals surface area contributed by atoms with Gasteiger partial charge in [0, 0.05) is 12.3 Å². The summed E-state index contributed by atoms with van der Waals surface area (Å²) in [6.45, 7) is 0.0195. The van der Waals surface area contributed by atoms with Crippen LogP contribution in [-0.2, 0) is 27.0 Å². The van der Waals surface area contributed by atoms with Gasteiger partial charge in [-0.3, -0.25) is 14.4 Å². The summed E-state index contributed by atoms with van der Waals surface area (Å²) in [7, 11) is 0. The Hall–Kier alpha value is -2.82. The van der Waals surface area contributed by atoms with E-state index in [1.807, 2.05) is 0 Å². The number of amides is 1. The van der Waals surface area contributed by atoms with Gasteiger partial charge in [-0.2, -0.15) is 13.2 Å². The van der Waals surface area contributed by atoms with E-state index in [0.29, 0.717) is 22.6 Å². The van der Waals surface area contributed by atoms with Crippen LogP contribution in [0.15, 0.2) is 27.6 Å². The summed E-state index contributed by atoms with van der Waals surface area (Å²) in [5.74, 6) is -1.31. The molecule has 0 fully saturated rings. The molecule has 0 saturated carbocycles. The Balaban J connectivity index is 1.98. The Bertz CT molecular complexity index is 891. The lowest BCUT2D eigenvalue weighted by Crippen LogP contribution is -2.29. The van der Waals surface area contributed by atoms with Crippen LogP contribution in [0.1, 0.15) is 11.3 Å². The molecule has 1 amide bonds. The summed E-state index contributed by atoms with van der Waals surface area (Å²) < 4.78 is 48.0. The number of hydrogen-bond acceptors (Lipinski definition) is 6. The van der Waals surface area contributed by atoms with Crippen LogP contribution in [0, 0.1) is 6.92 Å². The summed E-state index contributed by atoms with van der Waals surface area (Å²) in [6, 6.07) is 1.88. The predicted molar refractivity (Wildman–Crippen MR) is 81.5 cm³/mol. The zero-order valence-electron chi connectivity index (χ0n) is 13.1. The Kier molecular flexibility index (Phi) is 5.70. The lowest BCUT2D eigenvalue weighted by atomic mass is 10.2. The van der Waals surface area contributed by atoms with Gasteiger partial charge in [0.25, 0.3) is 11.5 Å². The van der Waals surface area contributed by atoms with Crippen molar-refractivity contribution in [1.29, 1.82) is 0 Å². The number of hydrogen-bond donors (Lipinski definition) is 1. The SMILES string of the molecule is Cc1cc(NC(=O)COC(=O)Cn2cc(C(F)(F)F)cc(Cl)c2=O)no1. The molecule has 0 aliphatic carbocycles. The van der Waals surface area contributed by atoms with E-state index >= 15 is 0 Å². The van der Waals surface area contributed by atoms with Gasteiger partial charge in [-0.25, -0.2) is 0 Å². The fourth-order valence-electron chi connectivity index (χ4n) is 1.81. The molecular weight excluding hydrogens is 383 g/mol. The van der Waals surface area contributed by atoms with Crippen molar-refractivity contribution in [3.63, 3.8) is 0 Å². The highest BCUT2D eigenvalue weighted by Crippen LogP contribution is 2.29. The van der Waals surface area contributed by atoms with Gasteiger partial charge in [0.1, 0.15) is 17.3 Å². The third-order valence-corrected chi connectivity index (χ3v) is 3.20. The van der Waals surface area contributed by atoms with Crippen LogP contribution in [0.25, 0.3) is 0 Å². The highest BCUT2D eigenvalue weighted by molar-refractivity contribution is 6.30. The van der Waals surface area contributed by atoms with Crippen molar-refractivity contribution < 1.29 is 32.0 Å². The maximum absolute atomic E-state index is 12.7. The minimum absolute atomic E-state index is 0.101. The molecule has 2 heterocycles.